The number of carbonyl (C=O) groups excluding carboxylic acids is 1. The van der Waals surface area contributed by atoms with Crippen molar-refractivity contribution in [3.63, 3.8) is 0 Å². The molecule has 0 spiro atoms. The van der Waals surface area contributed by atoms with E-state index in [0.717, 1.165) is 12.0 Å². The van der Waals surface area contributed by atoms with E-state index in [9.17, 15) is 4.79 Å². The Bertz CT molecular complexity index is 975. The summed E-state index contributed by atoms with van der Waals surface area (Å²) >= 11 is 0. The molecule has 2 aromatic heterocycles. The lowest BCUT2D eigenvalue weighted by Crippen LogP contribution is -2.29. The van der Waals surface area contributed by atoms with Crippen LogP contribution in [0.4, 0.5) is 0 Å². The third kappa shape index (κ3) is 3.48. The monoisotopic (exact) mass is 398 g/mol. The molecule has 0 radical (unpaired) electrons. The second-order valence-electron chi connectivity index (χ2n) is 6.62. The second kappa shape index (κ2) is 7.82. The Balaban J connectivity index is 1.55. The number of nitrogens with zero attached hydrogens (tertiary/aromatic N) is 5. The van der Waals surface area contributed by atoms with Crippen LogP contribution in [0.1, 0.15) is 23.0 Å². The summed E-state index contributed by atoms with van der Waals surface area (Å²) in [7, 11) is 4.66. The van der Waals surface area contributed by atoms with Crippen molar-refractivity contribution < 1.29 is 19.0 Å². The minimum Gasteiger partial charge on any atom is -0.493 e. The number of ether oxygens (including phenoxy) is 3. The van der Waals surface area contributed by atoms with Gasteiger partial charge in [0, 0.05) is 18.7 Å². The molecule has 1 aromatic carbocycles. The zero-order valence-electron chi connectivity index (χ0n) is 16.5. The van der Waals surface area contributed by atoms with Crippen LogP contribution in [0, 0.1) is 0 Å². The maximum atomic E-state index is 12.9. The number of H-pyrrole nitrogens is 1. The summed E-state index contributed by atoms with van der Waals surface area (Å²) in [5.74, 6) is 1.44. The number of hydrogen-bond donors (Lipinski definition) is 1. The van der Waals surface area contributed by atoms with Gasteiger partial charge in [-0.3, -0.25) is 9.89 Å². The van der Waals surface area contributed by atoms with E-state index in [2.05, 4.69) is 20.4 Å². The van der Waals surface area contributed by atoms with Crippen molar-refractivity contribution in [1.29, 1.82) is 0 Å². The molecule has 1 amide bonds. The normalized spacial score (nSPS) is 16.1. The highest BCUT2D eigenvalue weighted by Gasteiger charge is 2.30. The summed E-state index contributed by atoms with van der Waals surface area (Å²) in [6.07, 6.45) is 4.10. The van der Waals surface area contributed by atoms with Crippen LogP contribution in [-0.4, -0.2) is 70.4 Å². The number of methoxy groups -OCH3 is 3. The third-order valence-electron chi connectivity index (χ3n) is 4.98. The van der Waals surface area contributed by atoms with E-state index in [1.807, 2.05) is 0 Å². The largest absolute Gasteiger partial charge is 0.493 e. The van der Waals surface area contributed by atoms with Crippen LogP contribution in [-0.2, 0) is 0 Å². The molecule has 10 heteroatoms. The molecule has 1 fully saturated rings. The molecule has 0 aliphatic carbocycles. The van der Waals surface area contributed by atoms with Crippen LogP contribution in [0.5, 0.6) is 17.2 Å². The smallest absolute Gasteiger partial charge is 0.271 e. The molecule has 10 nitrogen and oxygen atoms in total. The van der Waals surface area contributed by atoms with Crippen molar-refractivity contribution in [3.8, 4) is 28.5 Å². The van der Waals surface area contributed by atoms with Gasteiger partial charge in [-0.15, -0.1) is 0 Å². The van der Waals surface area contributed by atoms with Crippen LogP contribution >= 0.6 is 0 Å². The van der Waals surface area contributed by atoms with Crippen molar-refractivity contribution in [3.05, 3.63) is 36.3 Å². The van der Waals surface area contributed by atoms with Crippen LogP contribution in [0.2, 0.25) is 0 Å². The number of aromatic nitrogens is 5. The molecule has 1 aliphatic heterocycles. The van der Waals surface area contributed by atoms with E-state index in [1.165, 1.54) is 0 Å². The van der Waals surface area contributed by atoms with Gasteiger partial charge in [-0.2, -0.15) is 20.1 Å². The van der Waals surface area contributed by atoms with Crippen molar-refractivity contribution in [2.45, 2.75) is 12.5 Å². The Labute approximate surface area is 167 Å². The van der Waals surface area contributed by atoms with Gasteiger partial charge in [0.2, 0.25) is 5.75 Å². The van der Waals surface area contributed by atoms with Crippen molar-refractivity contribution >= 4 is 5.91 Å². The quantitative estimate of drug-likeness (QED) is 0.674. The molecule has 4 rings (SSSR count). The zero-order chi connectivity index (χ0) is 20.4. The molecule has 1 N–H and O–H groups in total. The first-order valence-electron chi connectivity index (χ1n) is 9.15. The number of rotatable bonds is 6. The average molecular weight is 398 g/mol. The minimum atomic E-state index is -0.106. The predicted molar refractivity (Wildman–Crippen MR) is 103 cm³/mol. The number of nitrogens with one attached hydrogen (secondary N) is 1. The van der Waals surface area contributed by atoms with Gasteiger partial charge in [-0.05, 0) is 24.6 Å². The van der Waals surface area contributed by atoms with Gasteiger partial charge in [0.25, 0.3) is 5.91 Å². The standard InChI is InChI=1S/C19H22N6O4/c1-27-16-8-12(9-17(28-2)18(16)29-3)14-10-15(23-22-14)19(26)24-7-4-13(11-24)25-20-5-6-21-25/h5-6,8-10,13H,4,7,11H2,1-3H3,(H,22,23). The summed E-state index contributed by atoms with van der Waals surface area (Å²) in [5.41, 5.74) is 1.77. The first-order valence-corrected chi connectivity index (χ1v) is 9.15. The Morgan fingerprint density at radius 3 is 2.38 bits per heavy atom. The molecule has 0 saturated carbocycles. The van der Waals surface area contributed by atoms with Crippen LogP contribution in [0.25, 0.3) is 11.3 Å². The summed E-state index contributed by atoms with van der Waals surface area (Å²) in [6.45, 7) is 1.20. The fourth-order valence-electron chi connectivity index (χ4n) is 3.51. The molecule has 3 aromatic rings. The summed E-state index contributed by atoms with van der Waals surface area (Å²) < 4.78 is 16.1. The Morgan fingerprint density at radius 1 is 1.07 bits per heavy atom. The first-order chi connectivity index (χ1) is 14.1. The molecule has 1 aliphatic rings. The summed E-state index contributed by atoms with van der Waals surface area (Å²) in [4.78, 5) is 16.3. The van der Waals surface area contributed by atoms with Gasteiger partial charge in [-0.25, -0.2) is 0 Å². The Kier molecular flexibility index (Phi) is 5.07. The fourth-order valence-corrected chi connectivity index (χ4v) is 3.51. The Morgan fingerprint density at radius 2 is 1.76 bits per heavy atom. The van der Waals surface area contributed by atoms with Crippen molar-refractivity contribution in [2.24, 2.45) is 0 Å². The van der Waals surface area contributed by atoms with E-state index in [-0.39, 0.29) is 11.9 Å². The Hall–Kier alpha value is -3.56. The second-order valence-corrected chi connectivity index (χ2v) is 6.62. The lowest BCUT2D eigenvalue weighted by atomic mass is 10.1. The number of aromatic amines is 1. The number of hydrogen-bond acceptors (Lipinski definition) is 7. The highest BCUT2D eigenvalue weighted by atomic mass is 16.5. The maximum absolute atomic E-state index is 12.9. The van der Waals surface area contributed by atoms with Crippen LogP contribution in [0.15, 0.2) is 30.6 Å². The van der Waals surface area contributed by atoms with Crippen molar-refractivity contribution in [1.82, 2.24) is 30.1 Å². The van der Waals surface area contributed by atoms with Crippen LogP contribution < -0.4 is 14.2 Å². The summed E-state index contributed by atoms with van der Waals surface area (Å²) in [5, 5.41) is 15.5. The molecule has 1 unspecified atom stereocenters. The van der Waals surface area contributed by atoms with E-state index in [0.29, 0.717) is 41.7 Å². The number of likely N-dealkylation sites (tertiary alicyclic amines) is 1. The van der Waals surface area contributed by atoms with Gasteiger partial charge < -0.3 is 19.1 Å². The first kappa shape index (κ1) is 18.8. The van der Waals surface area contributed by atoms with Gasteiger partial charge >= 0.3 is 0 Å². The molecule has 3 heterocycles. The van der Waals surface area contributed by atoms with Gasteiger partial charge in [-0.1, -0.05) is 0 Å². The van der Waals surface area contributed by atoms with E-state index in [4.69, 9.17) is 14.2 Å². The predicted octanol–water partition coefficient (Wildman–Crippen LogP) is 1.78. The lowest BCUT2D eigenvalue weighted by molar-refractivity contribution is 0.0780. The number of amides is 1. The van der Waals surface area contributed by atoms with Gasteiger partial charge in [0.15, 0.2) is 11.5 Å². The number of benzene rings is 1. The zero-order valence-corrected chi connectivity index (χ0v) is 16.5. The molecule has 0 bridgehead atoms. The number of carbonyl (C=O) groups is 1. The molecule has 1 atom stereocenters. The SMILES string of the molecule is COc1cc(-c2cc(C(=O)N3CCC(n4nccn4)C3)[nH]n2)cc(OC)c1OC. The molecular formula is C19H22N6O4. The molecule has 29 heavy (non-hydrogen) atoms. The van der Waals surface area contributed by atoms with Gasteiger partial charge in [0.05, 0.1) is 45.5 Å². The highest BCUT2D eigenvalue weighted by Crippen LogP contribution is 2.40. The van der Waals surface area contributed by atoms with E-state index < -0.39 is 0 Å². The summed E-state index contributed by atoms with van der Waals surface area (Å²) in [6, 6.07) is 5.40. The maximum Gasteiger partial charge on any atom is 0.271 e. The van der Waals surface area contributed by atoms with Gasteiger partial charge in [0.1, 0.15) is 5.69 Å². The minimum absolute atomic E-state index is 0.0893. The third-order valence-corrected chi connectivity index (χ3v) is 4.98. The van der Waals surface area contributed by atoms with E-state index >= 15 is 0 Å². The fraction of sp³-hybridized carbons (Fsp3) is 0.368. The average Bonchev–Trinajstić information content (AvgIpc) is 3.52. The highest BCUT2D eigenvalue weighted by molar-refractivity contribution is 5.93. The lowest BCUT2D eigenvalue weighted by Gasteiger charge is -2.15. The topological polar surface area (TPSA) is 107 Å². The molecular weight excluding hydrogens is 376 g/mol. The van der Waals surface area contributed by atoms with Crippen molar-refractivity contribution in [2.75, 3.05) is 34.4 Å². The molecule has 1 saturated heterocycles. The van der Waals surface area contributed by atoms with Crippen LogP contribution in [0.3, 0.4) is 0 Å². The van der Waals surface area contributed by atoms with E-state index in [1.54, 1.807) is 61.6 Å². The molecule has 152 valence electrons.